The van der Waals surface area contributed by atoms with E-state index < -0.39 is 6.03 Å². The van der Waals surface area contributed by atoms with E-state index in [2.05, 4.69) is 15.6 Å². The highest BCUT2D eigenvalue weighted by atomic mass is 32.1. The Kier molecular flexibility index (Phi) is 3.10. The van der Waals surface area contributed by atoms with Crippen LogP contribution in [0.25, 0.3) is 0 Å². The van der Waals surface area contributed by atoms with E-state index in [1.165, 1.54) is 6.20 Å². The molecule has 0 atom stereocenters. The van der Waals surface area contributed by atoms with Crippen LogP contribution in [0.4, 0.5) is 15.6 Å². The van der Waals surface area contributed by atoms with Gasteiger partial charge in [-0.1, -0.05) is 11.3 Å². The first-order valence-electron chi connectivity index (χ1n) is 5.58. The van der Waals surface area contributed by atoms with Crippen LogP contribution in [-0.4, -0.2) is 17.8 Å². The number of thiazole rings is 1. The van der Waals surface area contributed by atoms with Gasteiger partial charge in [0.15, 0.2) is 16.6 Å². The molecule has 0 saturated carbocycles. The van der Waals surface area contributed by atoms with Crippen LogP contribution in [-0.2, 0) is 0 Å². The first-order chi connectivity index (χ1) is 9.74. The SMILES string of the molecule is N#Cc1cnc(NC(=O)Nc2ccc3c(c2)OCO3)s1. The highest BCUT2D eigenvalue weighted by Gasteiger charge is 2.14. The van der Waals surface area contributed by atoms with Gasteiger partial charge in [0.25, 0.3) is 0 Å². The first-order valence-corrected chi connectivity index (χ1v) is 6.40. The molecule has 1 aliphatic rings. The molecule has 3 rings (SSSR count). The predicted molar refractivity (Wildman–Crippen MR) is 72.0 cm³/mol. The molecule has 0 fully saturated rings. The van der Waals surface area contributed by atoms with Crippen LogP contribution in [0.2, 0.25) is 0 Å². The summed E-state index contributed by atoms with van der Waals surface area (Å²) in [6.45, 7) is 0.182. The van der Waals surface area contributed by atoms with Crippen LogP contribution < -0.4 is 20.1 Å². The van der Waals surface area contributed by atoms with Crippen LogP contribution >= 0.6 is 11.3 Å². The largest absolute Gasteiger partial charge is 0.454 e. The Labute approximate surface area is 117 Å². The van der Waals surface area contributed by atoms with Crippen LogP contribution in [0.1, 0.15) is 4.88 Å². The van der Waals surface area contributed by atoms with Gasteiger partial charge in [0, 0.05) is 11.8 Å². The molecule has 0 saturated heterocycles. The summed E-state index contributed by atoms with van der Waals surface area (Å²) in [5.74, 6) is 1.23. The summed E-state index contributed by atoms with van der Waals surface area (Å²) in [5, 5.41) is 14.2. The minimum Gasteiger partial charge on any atom is -0.454 e. The Balaban J connectivity index is 1.65. The van der Waals surface area contributed by atoms with Crippen LogP contribution in [0.5, 0.6) is 11.5 Å². The molecule has 0 unspecified atom stereocenters. The fraction of sp³-hybridized carbons (Fsp3) is 0.0833. The van der Waals surface area contributed by atoms with Gasteiger partial charge in [-0.3, -0.25) is 5.32 Å². The number of rotatable bonds is 2. The van der Waals surface area contributed by atoms with Crippen molar-refractivity contribution in [2.75, 3.05) is 17.4 Å². The van der Waals surface area contributed by atoms with Crippen molar-refractivity contribution in [3.8, 4) is 17.6 Å². The van der Waals surface area contributed by atoms with Crippen molar-refractivity contribution < 1.29 is 14.3 Å². The van der Waals surface area contributed by atoms with Crippen molar-refractivity contribution in [3.63, 3.8) is 0 Å². The van der Waals surface area contributed by atoms with Crippen molar-refractivity contribution in [1.82, 2.24) is 4.98 Å². The van der Waals surface area contributed by atoms with E-state index in [1.807, 2.05) is 6.07 Å². The standard InChI is InChI=1S/C12H8N4O3S/c13-4-8-5-14-12(20-8)16-11(17)15-7-1-2-9-10(3-7)19-6-18-9/h1-3,5H,6H2,(H2,14,15,16,17). The van der Waals surface area contributed by atoms with Gasteiger partial charge < -0.3 is 14.8 Å². The zero-order valence-electron chi connectivity index (χ0n) is 10.0. The van der Waals surface area contributed by atoms with E-state index in [4.69, 9.17) is 14.7 Å². The second kappa shape index (κ2) is 5.07. The Bertz CT molecular complexity index is 707. The van der Waals surface area contributed by atoms with Crippen LogP contribution in [0.15, 0.2) is 24.4 Å². The molecule has 0 spiro atoms. The maximum atomic E-state index is 11.8. The Morgan fingerprint density at radius 2 is 2.20 bits per heavy atom. The van der Waals surface area contributed by atoms with Crippen molar-refractivity contribution in [3.05, 3.63) is 29.3 Å². The molecule has 8 heteroatoms. The number of benzene rings is 1. The number of nitriles is 1. The molecule has 0 bridgehead atoms. The summed E-state index contributed by atoms with van der Waals surface area (Å²) in [6.07, 6.45) is 1.40. The molecule has 7 nitrogen and oxygen atoms in total. The zero-order valence-corrected chi connectivity index (χ0v) is 10.9. The number of anilines is 2. The maximum Gasteiger partial charge on any atom is 0.325 e. The monoisotopic (exact) mass is 288 g/mol. The number of fused-ring (bicyclic) bond motifs is 1. The first kappa shape index (κ1) is 12.3. The van der Waals surface area contributed by atoms with E-state index in [0.717, 1.165) is 11.3 Å². The Hall–Kier alpha value is -2.79. The molecule has 0 aliphatic carbocycles. The summed E-state index contributed by atoms with van der Waals surface area (Å²) in [7, 11) is 0. The number of urea groups is 1. The highest BCUT2D eigenvalue weighted by molar-refractivity contribution is 7.16. The van der Waals surface area contributed by atoms with Crippen molar-refractivity contribution in [1.29, 1.82) is 5.26 Å². The third kappa shape index (κ3) is 2.48. The van der Waals surface area contributed by atoms with E-state index in [9.17, 15) is 4.79 Å². The number of carbonyl (C=O) groups is 1. The Morgan fingerprint density at radius 3 is 3.00 bits per heavy atom. The molecule has 100 valence electrons. The predicted octanol–water partition coefficient (Wildman–Crippen LogP) is 2.39. The minimum absolute atomic E-state index is 0.182. The van der Waals surface area contributed by atoms with Crippen LogP contribution in [0.3, 0.4) is 0 Å². The van der Waals surface area contributed by atoms with Gasteiger partial charge in [-0.05, 0) is 12.1 Å². The fourth-order valence-corrected chi connectivity index (χ4v) is 2.23. The summed E-state index contributed by atoms with van der Waals surface area (Å²) in [6, 6.07) is 6.60. The summed E-state index contributed by atoms with van der Waals surface area (Å²) in [5.41, 5.74) is 0.573. The fourth-order valence-electron chi connectivity index (χ4n) is 1.62. The third-order valence-corrected chi connectivity index (χ3v) is 3.28. The molecule has 1 aliphatic heterocycles. The van der Waals surface area contributed by atoms with Gasteiger partial charge in [-0.25, -0.2) is 9.78 Å². The number of carbonyl (C=O) groups excluding carboxylic acids is 1. The maximum absolute atomic E-state index is 11.8. The second-order valence-corrected chi connectivity index (χ2v) is 4.82. The summed E-state index contributed by atoms with van der Waals surface area (Å²) in [4.78, 5) is 16.1. The van der Waals surface area contributed by atoms with Gasteiger partial charge in [0.05, 0.1) is 6.20 Å². The van der Waals surface area contributed by atoms with Crippen LogP contribution in [0, 0.1) is 11.3 Å². The zero-order chi connectivity index (χ0) is 13.9. The normalized spacial score (nSPS) is 11.8. The van der Waals surface area contributed by atoms with Gasteiger partial charge in [0.2, 0.25) is 6.79 Å². The number of amides is 2. The molecule has 1 aromatic carbocycles. The van der Waals surface area contributed by atoms with Gasteiger partial charge in [0.1, 0.15) is 10.9 Å². The Morgan fingerprint density at radius 1 is 1.35 bits per heavy atom. The summed E-state index contributed by atoms with van der Waals surface area (Å²) >= 11 is 1.10. The lowest BCUT2D eigenvalue weighted by Crippen LogP contribution is -2.19. The van der Waals surface area contributed by atoms with E-state index in [-0.39, 0.29) is 6.79 Å². The lowest BCUT2D eigenvalue weighted by Gasteiger charge is -2.06. The molecule has 2 N–H and O–H groups in total. The van der Waals surface area contributed by atoms with Gasteiger partial charge >= 0.3 is 6.03 Å². The van der Waals surface area contributed by atoms with E-state index in [1.54, 1.807) is 18.2 Å². The number of ether oxygens (including phenoxy) is 2. The number of hydrogen-bond acceptors (Lipinski definition) is 6. The third-order valence-electron chi connectivity index (χ3n) is 2.47. The summed E-state index contributed by atoms with van der Waals surface area (Å²) < 4.78 is 10.4. The molecule has 2 amide bonds. The van der Waals surface area contributed by atoms with Gasteiger partial charge in [-0.2, -0.15) is 5.26 Å². The van der Waals surface area contributed by atoms with E-state index >= 15 is 0 Å². The van der Waals surface area contributed by atoms with Crippen molar-refractivity contribution >= 4 is 28.2 Å². The van der Waals surface area contributed by atoms with Crippen molar-refractivity contribution in [2.45, 2.75) is 0 Å². The lowest BCUT2D eigenvalue weighted by molar-refractivity contribution is 0.174. The molecule has 1 aromatic heterocycles. The van der Waals surface area contributed by atoms with Gasteiger partial charge in [-0.15, -0.1) is 0 Å². The quantitative estimate of drug-likeness (QED) is 0.884. The molecule has 2 heterocycles. The van der Waals surface area contributed by atoms with Crippen molar-refractivity contribution in [2.24, 2.45) is 0 Å². The number of hydrogen-bond donors (Lipinski definition) is 2. The smallest absolute Gasteiger partial charge is 0.325 e. The number of nitrogens with one attached hydrogen (secondary N) is 2. The van der Waals surface area contributed by atoms with E-state index in [0.29, 0.717) is 27.2 Å². The molecule has 0 radical (unpaired) electrons. The number of nitrogens with zero attached hydrogens (tertiary/aromatic N) is 2. The minimum atomic E-state index is -0.442. The molecular formula is C12H8N4O3S. The molecule has 20 heavy (non-hydrogen) atoms. The molecular weight excluding hydrogens is 280 g/mol. The second-order valence-electron chi connectivity index (χ2n) is 3.79. The average molecular weight is 288 g/mol. The number of aromatic nitrogens is 1. The molecule has 2 aromatic rings. The average Bonchev–Trinajstić information content (AvgIpc) is 3.06. The topological polar surface area (TPSA) is 96.3 Å². The lowest BCUT2D eigenvalue weighted by atomic mass is 10.3. The highest BCUT2D eigenvalue weighted by Crippen LogP contribution is 2.34.